The number of aliphatic hydroxyl groups is 1. The SMILES string of the molecule is CC(C)=CCC[C@@](C)(O)[C@@H]1CC/C(C)=C/CC/C(C)=C/Cc2cc(ccc2O)C(=O)O1. The minimum atomic E-state index is -1.13. The van der Waals surface area contributed by atoms with Gasteiger partial charge in [0.25, 0.3) is 0 Å². The molecule has 0 radical (unpaired) electrons. The first-order valence-electron chi connectivity index (χ1n) is 11.3. The molecule has 0 saturated carbocycles. The predicted octanol–water partition coefficient (Wildman–Crippen LogP) is 6.42. The Bertz CT molecular complexity index is 854. The van der Waals surface area contributed by atoms with Crippen LogP contribution in [0.1, 0.15) is 89.1 Å². The number of hydrogen-bond acceptors (Lipinski definition) is 4. The second-order valence-electron chi connectivity index (χ2n) is 9.30. The fraction of sp³-hybridized carbons (Fsp3) is 0.519. The van der Waals surface area contributed by atoms with Gasteiger partial charge in [-0.05, 0) is 103 Å². The average Bonchev–Trinajstić information content (AvgIpc) is 2.69. The lowest BCUT2D eigenvalue weighted by atomic mass is 9.88. The van der Waals surface area contributed by atoms with Crippen LogP contribution in [-0.2, 0) is 11.2 Å². The van der Waals surface area contributed by atoms with E-state index in [1.165, 1.54) is 16.7 Å². The van der Waals surface area contributed by atoms with Crippen LogP contribution >= 0.6 is 0 Å². The molecule has 4 heteroatoms. The van der Waals surface area contributed by atoms with Gasteiger partial charge in [0.2, 0.25) is 0 Å². The lowest BCUT2D eigenvalue weighted by Crippen LogP contribution is -2.42. The number of phenols is 1. The molecule has 2 rings (SSSR count). The maximum Gasteiger partial charge on any atom is 0.338 e. The standard InChI is InChI=1S/C27H38O4/c1-19(2)8-7-17-27(5,30)25-16-12-21(4)10-6-9-20(3)11-13-22-18-23(26(29)31-25)14-15-24(22)28/h8,10-11,14-15,18,25,28,30H,6-7,9,12-13,16-17H2,1-5H3/b20-11+,21-10+/t25-,27+/m0/s1. The summed E-state index contributed by atoms with van der Waals surface area (Å²) in [6.45, 7) is 10.0. The monoisotopic (exact) mass is 426 g/mol. The lowest BCUT2D eigenvalue weighted by Gasteiger charge is -2.32. The molecule has 1 aromatic rings. The highest BCUT2D eigenvalue weighted by Crippen LogP contribution is 2.28. The summed E-state index contributed by atoms with van der Waals surface area (Å²) >= 11 is 0. The summed E-state index contributed by atoms with van der Waals surface area (Å²) in [6, 6.07) is 4.82. The summed E-state index contributed by atoms with van der Waals surface area (Å²) in [5, 5.41) is 21.4. The van der Waals surface area contributed by atoms with E-state index in [0.29, 0.717) is 30.4 Å². The normalized spacial score (nSPS) is 23.7. The van der Waals surface area contributed by atoms with Crippen molar-refractivity contribution in [3.05, 3.63) is 64.3 Å². The van der Waals surface area contributed by atoms with Gasteiger partial charge in [0, 0.05) is 0 Å². The van der Waals surface area contributed by atoms with Gasteiger partial charge in [0.05, 0.1) is 11.2 Å². The first kappa shape index (κ1) is 24.9. The molecule has 0 fully saturated rings. The highest BCUT2D eigenvalue weighted by Gasteiger charge is 2.34. The van der Waals surface area contributed by atoms with Gasteiger partial charge in [-0.25, -0.2) is 4.79 Å². The molecular formula is C27H38O4. The lowest BCUT2D eigenvalue weighted by molar-refractivity contribution is -0.0814. The zero-order chi connectivity index (χ0) is 23.0. The Labute approximate surface area is 187 Å². The molecule has 1 aliphatic rings. The van der Waals surface area contributed by atoms with Crippen molar-refractivity contribution < 1.29 is 19.7 Å². The van der Waals surface area contributed by atoms with E-state index in [4.69, 9.17) is 4.74 Å². The number of hydrogen-bond donors (Lipinski definition) is 2. The number of ether oxygens (including phenoxy) is 1. The highest BCUT2D eigenvalue weighted by molar-refractivity contribution is 5.90. The average molecular weight is 427 g/mol. The van der Waals surface area contributed by atoms with Gasteiger partial charge >= 0.3 is 5.97 Å². The molecule has 0 aromatic heterocycles. The number of allylic oxidation sites excluding steroid dienone is 6. The number of fused-ring (bicyclic) bond motifs is 2. The van der Waals surface area contributed by atoms with E-state index in [1.807, 2.05) is 13.8 Å². The van der Waals surface area contributed by atoms with Crippen LogP contribution in [0, 0.1) is 0 Å². The third kappa shape index (κ3) is 8.02. The quantitative estimate of drug-likeness (QED) is 0.430. The van der Waals surface area contributed by atoms with Crippen molar-refractivity contribution >= 4 is 5.97 Å². The molecule has 2 atom stereocenters. The van der Waals surface area contributed by atoms with Crippen molar-refractivity contribution in [3.63, 3.8) is 0 Å². The topological polar surface area (TPSA) is 66.8 Å². The van der Waals surface area contributed by atoms with Gasteiger partial charge in [-0.3, -0.25) is 0 Å². The highest BCUT2D eigenvalue weighted by atomic mass is 16.6. The van der Waals surface area contributed by atoms with Crippen LogP contribution in [0.5, 0.6) is 5.75 Å². The Morgan fingerprint density at radius 2 is 1.90 bits per heavy atom. The fourth-order valence-corrected chi connectivity index (χ4v) is 3.78. The van der Waals surface area contributed by atoms with E-state index < -0.39 is 17.7 Å². The second kappa shape index (κ2) is 11.3. The second-order valence-corrected chi connectivity index (χ2v) is 9.30. The molecule has 1 aromatic carbocycles. The summed E-state index contributed by atoms with van der Waals surface area (Å²) in [5.74, 6) is -0.295. The van der Waals surface area contributed by atoms with Gasteiger partial charge in [-0.1, -0.05) is 34.9 Å². The van der Waals surface area contributed by atoms with Gasteiger partial charge in [0.1, 0.15) is 11.9 Å². The number of benzene rings is 1. The van der Waals surface area contributed by atoms with Crippen molar-refractivity contribution in [1.29, 1.82) is 0 Å². The number of esters is 1. The van der Waals surface area contributed by atoms with E-state index in [2.05, 4.69) is 32.1 Å². The molecule has 0 unspecified atom stereocenters. The zero-order valence-electron chi connectivity index (χ0n) is 19.7. The van der Waals surface area contributed by atoms with Crippen LogP contribution < -0.4 is 0 Å². The summed E-state index contributed by atoms with van der Waals surface area (Å²) in [7, 11) is 0. The molecule has 0 saturated heterocycles. The molecule has 0 aliphatic carbocycles. The summed E-state index contributed by atoms with van der Waals surface area (Å²) in [6.07, 6.45) is 10.8. The van der Waals surface area contributed by atoms with Crippen LogP contribution in [0.15, 0.2) is 53.1 Å². The van der Waals surface area contributed by atoms with E-state index in [1.54, 1.807) is 25.1 Å². The Morgan fingerprint density at radius 1 is 1.19 bits per heavy atom. The van der Waals surface area contributed by atoms with Crippen LogP contribution in [0.3, 0.4) is 0 Å². The van der Waals surface area contributed by atoms with Gasteiger partial charge < -0.3 is 14.9 Å². The number of rotatable bonds is 4. The van der Waals surface area contributed by atoms with Crippen molar-refractivity contribution in [3.8, 4) is 5.75 Å². The Balaban J connectivity index is 2.33. The summed E-state index contributed by atoms with van der Waals surface area (Å²) < 4.78 is 5.86. The number of cyclic esters (lactones) is 1. The Morgan fingerprint density at radius 3 is 2.61 bits per heavy atom. The minimum Gasteiger partial charge on any atom is -0.508 e. The van der Waals surface area contributed by atoms with Crippen LogP contribution in [0.25, 0.3) is 0 Å². The van der Waals surface area contributed by atoms with E-state index >= 15 is 0 Å². The van der Waals surface area contributed by atoms with Crippen molar-refractivity contribution in [2.45, 2.75) is 91.3 Å². The molecule has 2 bridgehead atoms. The minimum absolute atomic E-state index is 0.172. The maximum atomic E-state index is 13.0. The number of carbonyl (C=O) groups is 1. The fourth-order valence-electron chi connectivity index (χ4n) is 3.78. The molecule has 170 valence electrons. The molecule has 0 amide bonds. The Hall–Kier alpha value is -2.33. The molecule has 4 nitrogen and oxygen atoms in total. The number of aromatic hydroxyl groups is 1. The van der Waals surface area contributed by atoms with E-state index in [0.717, 1.165) is 25.7 Å². The van der Waals surface area contributed by atoms with Crippen LogP contribution in [0.2, 0.25) is 0 Å². The maximum absolute atomic E-state index is 13.0. The van der Waals surface area contributed by atoms with Crippen molar-refractivity contribution in [2.24, 2.45) is 0 Å². The summed E-state index contributed by atoms with van der Waals surface area (Å²) in [4.78, 5) is 13.0. The van der Waals surface area contributed by atoms with Crippen LogP contribution in [0.4, 0.5) is 0 Å². The van der Waals surface area contributed by atoms with E-state index in [-0.39, 0.29) is 5.75 Å². The molecule has 1 heterocycles. The smallest absolute Gasteiger partial charge is 0.338 e. The van der Waals surface area contributed by atoms with Gasteiger partial charge in [-0.2, -0.15) is 0 Å². The van der Waals surface area contributed by atoms with E-state index in [9.17, 15) is 15.0 Å². The van der Waals surface area contributed by atoms with Gasteiger partial charge in [0.15, 0.2) is 0 Å². The molecule has 0 spiro atoms. The third-order valence-corrected chi connectivity index (χ3v) is 5.96. The summed E-state index contributed by atoms with van der Waals surface area (Å²) in [5.41, 5.74) is 3.66. The van der Waals surface area contributed by atoms with Crippen molar-refractivity contribution in [2.75, 3.05) is 0 Å². The third-order valence-electron chi connectivity index (χ3n) is 5.96. The Kier molecular flexibility index (Phi) is 9.12. The molecule has 31 heavy (non-hydrogen) atoms. The molecule has 2 N–H and O–H groups in total. The number of carbonyl (C=O) groups excluding carboxylic acids is 1. The van der Waals surface area contributed by atoms with Crippen molar-refractivity contribution in [1.82, 2.24) is 0 Å². The number of phenolic OH excluding ortho intramolecular Hbond substituents is 1. The molecule has 1 aliphatic heterocycles. The predicted molar refractivity (Wildman–Crippen MR) is 126 cm³/mol. The largest absolute Gasteiger partial charge is 0.508 e. The van der Waals surface area contributed by atoms with Gasteiger partial charge in [-0.15, -0.1) is 0 Å². The van der Waals surface area contributed by atoms with Crippen LogP contribution in [-0.4, -0.2) is 27.9 Å². The zero-order valence-corrected chi connectivity index (χ0v) is 19.7. The first-order valence-corrected chi connectivity index (χ1v) is 11.3. The molecular weight excluding hydrogens is 388 g/mol. The first-order chi connectivity index (χ1) is 14.6.